The van der Waals surface area contributed by atoms with E-state index in [0.717, 1.165) is 0 Å². The molecule has 1 aliphatic rings. The molecule has 0 aliphatic carbocycles. The number of carbonyl (C=O) groups excluding carboxylic acids is 1. The van der Waals surface area contributed by atoms with Gasteiger partial charge in [0.15, 0.2) is 18.1 Å². The molecule has 1 aliphatic heterocycles. The zero-order chi connectivity index (χ0) is 21.7. The molecule has 0 bridgehead atoms. The number of hydrogen-bond acceptors (Lipinski definition) is 8. The number of pyridine rings is 1. The standard InChI is InChI=1S/C20H19N5O5/c1-28-16-8-12(18-13(9-21)19(23)24-20(27)14(18)10-22)2-3-15(16)30-11-17(26)25-4-6-29-7-5-25/h2-3,8H,4-7,11H2,1H3,(H3,23,24,27). The number of amides is 1. The second kappa shape index (κ2) is 8.99. The summed E-state index contributed by atoms with van der Waals surface area (Å²) in [5.74, 6) is 0.267. The lowest BCUT2D eigenvalue weighted by atomic mass is 9.96. The number of anilines is 1. The van der Waals surface area contributed by atoms with Gasteiger partial charge in [-0.05, 0) is 17.7 Å². The summed E-state index contributed by atoms with van der Waals surface area (Å²) in [6.45, 7) is 1.82. The minimum absolute atomic E-state index is 0.0237. The molecule has 154 valence electrons. The van der Waals surface area contributed by atoms with E-state index in [1.807, 2.05) is 12.1 Å². The maximum atomic E-state index is 12.3. The summed E-state index contributed by atoms with van der Waals surface area (Å²) in [6.07, 6.45) is 0. The van der Waals surface area contributed by atoms with Gasteiger partial charge in [0.25, 0.3) is 11.5 Å². The highest BCUT2D eigenvalue weighted by Crippen LogP contribution is 2.35. The molecule has 1 saturated heterocycles. The molecule has 1 amide bonds. The molecule has 3 rings (SSSR count). The van der Waals surface area contributed by atoms with E-state index in [4.69, 9.17) is 19.9 Å². The molecule has 0 atom stereocenters. The van der Waals surface area contributed by atoms with E-state index in [1.54, 1.807) is 17.0 Å². The molecular formula is C20H19N5O5. The summed E-state index contributed by atoms with van der Waals surface area (Å²) >= 11 is 0. The number of carbonyl (C=O) groups is 1. The highest BCUT2D eigenvalue weighted by molar-refractivity contribution is 5.81. The van der Waals surface area contributed by atoms with Gasteiger partial charge >= 0.3 is 0 Å². The van der Waals surface area contributed by atoms with Crippen LogP contribution in [0.5, 0.6) is 11.5 Å². The topological polar surface area (TPSA) is 154 Å². The molecule has 0 saturated carbocycles. The number of aromatic amines is 1. The van der Waals surface area contributed by atoms with Gasteiger partial charge in [0, 0.05) is 18.7 Å². The maximum absolute atomic E-state index is 12.3. The maximum Gasteiger partial charge on any atom is 0.268 e. The van der Waals surface area contributed by atoms with Gasteiger partial charge < -0.3 is 29.8 Å². The van der Waals surface area contributed by atoms with Gasteiger partial charge in [0.2, 0.25) is 0 Å². The van der Waals surface area contributed by atoms with Crippen molar-refractivity contribution in [2.24, 2.45) is 0 Å². The number of methoxy groups -OCH3 is 1. The Hall–Kier alpha value is -4.02. The van der Waals surface area contributed by atoms with Crippen LogP contribution in [0.1, 0.15) is 11.1 Å². The van der Waals surface area contributed by atoms with E-state index in [-0.39, 0.29) is 40.8 Å². The fraction of sp³-hybridized carbons (Fsp3) is 0.300. The number of H-pyrrole nitrogens is 1. The molecule has 0 radical (unpaired) electrons. The summed E-state index contributed by atoms with van der Waals surface area (Å²) in [6, 6.07) is 8.35. The number of nitrogens with two attached hydrogens (primary N) is 1. The molecule has 3 N–H and O–H groups in total. The Bertz CT molecular complexity index is 1110. The van der Waals surface area contributed by atoms with E-state index in [0.29, 0.717) is 37.6 Å². The van der Waals surface area contributed by atoms with Crippen LogP contribution in [0.2, 0.25) is 0 Å². The number of nitrogens with zero attached hydrogens (tertiary/aromatic N) is 3. The monoisotopic (exact) mass is 409 g/mol. The average molecular weight is 409 g/mol. The number of hydrogen-bond donors (Lipinski definition) is 2. The van der Waals surface area contributed by atoms with E-state index < -0.39 is 5.56 Å². The Labute approximate surface area is 172 Å². The summed E-state index contributed by atoms with van der Waals surface area (Å²) in [5, 5.41) is 18.8. The largest absolute Gasteiger partial charge is 0.493 e. The zero-order valence-corrected chi connectivity index (χ0v) is 16.2. The Morgan fingerprint density at radius 2 is 1.93 bits per heavy atom. The highest BCUT2D eigenvalue weighted by Gasteiger charge is 2.21. The smallest absolute Gasteiger partial charge is 0.268 e. The van der Waals surface area contributed by atoms with Crippen molar-refractivity contribution in [2.45, 2.75) is 0 Å². The molecule has 1 aromatic carbocycles. The van der Waals surface area contributed by atoms with Crippen LogP contribution < -0.4 is 20.8 Å². The predicted molar refractivity (Wildman–Crippen MR) is 106 cm³/mol. The first kappa shape index (κ1) is 20.7. The van der Waals surface area contributed by atoms with Gasteiger partial charge in [-0.2, -0.15) is 10.5 Å². The third-order valence-electron chi connectivity index (χ3n) is 4.64. The van der Waals surface area contributed by atoms with Crippen molar-refractivity contribution in [1.29, 1.82) is 10.5 Å². The van der Waals surface area contributed by atoms with Crippen molar-refractivity contribution in [2.75, 3.05) is 45.8 Å². The molecule has 30 heavy (non-hydrogen) atoms. The van der Waals surface area contributed by atoms with Gasteiger partial charge in [-0.1, -0.05) is 6.07 Å². The summed E-state index contributed by atoms with van der Waals surface area (Å²) in [4.78, 5) is 28.3. The van der Waals surface area contributed by atoms with Crippen LogP contribution in [-0.4, -0.2) is 55.8 Å². The minimum Gasteiger partial charge on any atom is -0.493 e. The lowest BCUT2D eigenvalue weighted by molar-refractivity contribution is -0.137. The third-order valence-corrected chi connectivity index (χ3v) is 4.64. The van der Waals surface area contributed by atoms with Crippen LogP contribution in [0.15, 0.2) is 23.0 Å². The fourth-order valence-corrected chi connectivity index (χ4v) is 3.12. The van der Waals surface area contributed by atoms with Crippen LogP contribution in [-0.2, 0) is 9.53 Å². The van der Waals surface area contributed by atoms with Gasteiger partial charge in [0.05, 0.1) is 20.3 Å². The summed E-state index contributed by atoms with van der Waals surface area (Å²) < 4.78 is 16.2. The van der Waals surface area contributed by atoms with Crippen LogP contribution in [0, 0.1) is 22.7 Å². The number of nitriles is 2. The number of nitrogens with one attached hydrogen (secondary N) is 1. The molecule has 2 aromatic rings. The number of morpholine rings is 1. The van der Waals surface area contributed by atoms with Crippen LogP contribution in [0.25, 0.3) is 11.1 Å². The molecule has 10 nitrogen and oxygen atoms in total. The van der Waals surface area contributed by atoms with Gasteiger partial charge in [-0.15, -0.1) is 0 Å². The second-order valence-electron chi connectivity index (χ2n) is 6.36. The van der Waals surface area contributed by atoms with E-state index in [9.17, 15) is 20.1 Å². The molecule has 0 spiro atoms. The average Bonchev–Trinajstić information content (AvgIpc) is 2.77. The van der Waals surface area contributed by atoms with E-state index >= 15 is 0 Å². The minimum atomic E-state index is -0.695. The molecule has 10 heteroatoms. The summed E-state index contributed by atoms with van der Waals surface area (Å²) in [5.41, 5.74) is 5.28. The zero-order valence-electron chi connectivity index (χ0n) is 16.2. The normalized spacial score (nSPS) is 13.2. The van der Waals surface area contributed by atoms with Gasteiger partial charge in [-0.3, -0.25) is 9.59 Å². The lowest BCUT2D eigenvalue weighted by Crippen LogP contribution is -2.43. The first-order valence-corrected chi connectivity index (χ1v) is 9.02. The number of rotatable bonds is 5. The Morgan fingerprint density at radius 1 is 1.23 bits per heavy atom. The van der Waals surface area contributed by atoms with Crippen LogP contribution in [0.3, 0.4) is 0 Å². The first-order valence-electron chi connectivity index (χ1n) is 9.02. The second-order valence-corrected chi connectivity index (χ2v) is 6.36. The SMILES string of the molecule is COc1cc(-c2c(C#N)c(N)[nH]c(=O)c2C#N)ccc1OCC(=O)N1CCOCC1. The third kappa shape index (κ3) is 4.04. The van der Waals surface area contributed by atoms with E-state index in [2.05, 4.69) is 4.98 Å². The molecule has 2 heterocycles. The van der Waals surface area contributed by atoms with Crippen molar-refractivity contribution < 1.29 is 19.0 Å². The fourth-order valence-electron chi connectivity index (χ4n) is 3.12. The van der Waals surface area contributed by atoms with Crippen molar-refractivity contribution in [1.82, 2.24) is 9.88 Å². The van der Waals surface area contributed by atoms with Crippen molar-refractivity contribution in [3.8, 4) is 34.8 Å². The van der Waals surface area contributed by atoms with Crippen molar-refractivity contribution >= 4 is 11.7 Å². The Morgan fingerprint density at radius 3 is 2.57 bits per heavy atom. The quantitative estimate of drug-likeness (QED) is 0.728. The van der Waals surface area contributed by atoms with Crippen LogP contribution >= 0.6 is 0 Å². The molecule has 0 unspecified atom stereocenters. The summed E-state index contributed by atoms with van der Waals surface area (Å²) in [7, 11) is 1.42. The predicted octanol–water partition coefficient (Wildman–Crippen LogP) is 0.614. The van der Waals surface area contributed by atoms with Crippen molar-refractivity contribution in [3.05, 3.63) is 39.7 Å². The lowest BCUT2D eigenvalue weighted by Gasteiger charge is -2.26. The van der Waals surface area contributed by atoms with Gasteiger partial charge in [-0.25, -0.2) is 0 Å². The molecule has 1 aromatic heterocycles. The van der Waals surface area contributed by atoms with E-state index in [1.165, 1.54) is 13.2 Å². The Kier molecular flexibility index (Phi) is 6.20. The van der Waals surface area contributed by atoms with Crippen LogP contribution in [0.4, 0.5) is 5.82 Å². The highest BCUT2D eigenvalue weighted by atomic mass is 16.5. The number of nitrogen functional groups attached to an aromatic ring is 1. The Balaban J connectivity index is 1.92. The number of benzene rings is 1. The molecule has 1 fully saturated rings. The van der Waals surface area contributed by atoms with Crippen molar-refractivity contribution in [3.63, 3.8) is 0 Å². The molecular weight excluding hydrogens is 390 g/mol. The number of ether oxygens (including phenoxy) is 3. The van der Waals surface area contributed by atoms with Gasteiger partial charge in [0.1, 0.15) is 29.1 Å². The number of aromatic nitrogens is 1. The first-order chi connectivity index (χ1) is 14.5.